The summed E-state index contributed by atoms with van der Waals surface area (Å²) < 4.78 is 34.4. The molecule has 0 aromatic heterocycles. The van der Waals surface area contributed by atoms with E-state index in [0.29, 0.717) is 11.3 Å². The second kappa shape index (κ2) is 6.18. The Kier molecular flexibility index (Phi) is 3.82. The maximum atomic E-state index is 14.1. The van der Waals surface area contributed by atoms with Gasteiger partial charge in [-0.2, -0.15) is 0 Å². The molecule has 0 fully saturated rings. The summed E-state index contributed by atoms with van der Waals surface area (Å²) in [7, 11) is 0. The van der Waals surface area contributed by atoms with Gasteiger partial charge < -0.3 is 10.1 Å². The number of para-hydroxylation sites is 1. The van der Waals surface area contributed by atoms with E-state index in [-0.39, 0.29) is 5.54 Å². The van der Waals surface area contributed by atoms with E-state index in [2.05, 4.69) is 44.3 Å². The smallest absolute Gasteiger partial charge is 0.150 e. The van der Waals surface area contributed by atoms with Crippen LogP contribution < -0.4 is 10.1 Å². The van der Waals surface area contributed by atoms with Crippen molar-refractivity contribution in [1.29, 1.82) is 0 Å². The number of ether oxygens (including phenoxy) is 1. The minimum Gasteiger partial charge on any atom is -0.480 e. The number of benzene rings is 3. The summed E-state index contributed by atoms with van der Waals surface area (Å²) in [6.45, 7) is 6.31. The van der Waals surface area contributed by atoms with E-state index in [1.165, 1.54) is 12.1 Å². The zero-order valence-corrected chi connectivity index (χ0v) is 16.5. The van der Waals surface area contributed by atoms with Crippen molar-refractivity contribution in [1.82, 2.24) is 0 Å². The molecule has 0 amide bonds. The van der Waals surface area contributed by atoms with Crippen LogP contribution in [0.3, 0.4) is 0 Å². The number of anilines is 1. The van der Waals surface area contributed by atoms with Crippen molar-refractivity contribution < 1.29 is 13.5 Å². The van der Waals surface area contributed by atoms with Gasteiger partial charge in [-0.15, -0.1) is 0 Å². The monoisotopic (exact) mass is 389 g/mol. The molecule has 3 aromatic rings. The average molecular weight is 389 g/mol. The van der Waals surface area contributed by atoms with Crippen molar-refractivity contribution in [3.63, 3.8) is 0 Å². The fourth-order valence-corrected chi connectivity index (χ4v) is 4.59. The zero-order valence-electron chi connectivity index (χ0n) is 16.5. The molecule has 2 aliphatic rings. The van der Waals surface area contributed by atoms with Crippen LogP contribution in [0.1, 0.15) is 43.6 Å². The first-order valence-electron chi connectivity index (χ1n) is 9.69. The van der Waals surface area contributed by atoms with Gasteiger partial charge in [-0.25, -0.2) is 8.78 Å². The molecule has 3 aromatic carbocycles. The van der Waals surface area contributed by atoms with Gasteiger partial charge in [-0.1, -0.05) is 30.3 Å². The van der Waals surface area contributed by atoms with E-state index in [1.807, 2.05) is 24.3 Å². The van der Waals surface area contributed by atoms with Gasteiger partial charge in [0, 0.05) is 34.0 Å². The van der Waals surface area contributed by atoms with Crippen molar-refractivity contribution in [3.8, 4) is 16.9 Å². The minimum absolute atomic E-state index is 0.181. The molecule has 146 valence electrons. The topological polar surface area (TPSA) is 21.3 Å². The molecule has 4 heteroatoms. The largest absolute Gasteiger partial charge is 0.480 e. The van der Waals surface area contributed by atoms with Crippen molar-refractivity contribution >= 4 is 11.3 Å². The first-order valence-corrected chi connectivity index (χ1v) is 9.69. The first-order chi connectivity index (χ1) is 13.8. The van der Waals surface area contributed by atoms with Gasteiger partial charge in [0.25, 0.3) is 0 Å². The summed E-state index contributed by atoms with van der Waals surface area (Å²) in [6.07, 6.45) is 1.57. The normalized spacial score (nSPS) is 18.5. The Morgan fingerprint density at radius 1 is 0.931 bits per heavy atom. The molecule has 29 heavy (non-hydrogen) atoms. The molecule has 1 atom stereocenters. The van der Waals surface area contributed by atoms with Crippen LogP contribution in [0.15, 0.2) is 60.7 Å². The van der Waals surface area contributed by atoms with E-state index in [1.54, 1.807) is 0 Å². The summed E-state index contributed by atoms with van der Waals surface area (Å²) in [6, 6.07) is 15.5. The highest BCUT2D eigenvalue weighted by atomic mass is 19.1. The number of halogens is 2. The van der Waals surface area contributed by atoms with Gasteiger partial charge in [-0.05, 0) is 56.2 Å². The summed E-state index contributed by atoms with van der Waals surface area (Å²) in [5, 5.41) is 3.56. The third-order valence-corrected chi connectivity index (χ3v) is 5.55. The van der Waals surface area contributed by atoms with Crippen LogP contribution in [-0.2, 0) is 0 Å². The Morgan fingerprint density at radius 3 is 2.41 bits per heavy atom. The van der Waals surface area contributed by atoms with Gasteiger partial charge >= 0.3 is 0 Å². The van der Waals surface area contributed by atoms with Crippen LogP contribution in [0.2, 0.25) is 0 Å². The standard InChI is InChI=1S/C25H21F2NO/c1-14-13-25(2,3)28-20-9-8-19-18-6-4-5-7-21(18)29-24(23(19)22(14)20)15-10-16(26)12-17(27)11-15/h4-13,24,28H,1-3H3/t24-/m1/s1. The third-order valence-electron chi connectivity index (χ3n) is 5.55. The molecule has 5 rings (SSSR count). The predicted octanol–water partition coefficient (Wildman–Crippen LogP) is 6.72. The lowest BCUT2D eigenvalue weighted by molar-refractivity contribution is 0.242. The second-order valence-electron chi connectivity index (χ2n) is 8.32. The molecule has 0 saturated heterocycles. The number of hydrogen-bond donors (Lipinski definition) is 1. The van der Waals surface area contributed by atoms with Crippen molar-refractivity contribution in [2.45, 2.75) is 32.4 Å². The third kappa shape index (κ3) is 2.91. The molecule has 0 aliphatic carbocycles. The Morgan fingerprint density at radius 2 is 1.66 bits per heavy atom. The number of allylic oxidation sites excluding steroid dienone is 1. The number of rotatable bonds is 1. The van der Waals surface area contributed by atoms with Crippen LogP contribution in [-0.4, -0.2) is 5.54 Å². The van der Waals surface area contributed by atoms with Crippen molar-refractivity contribution in [2.24, 2.45) is 0 Å². The molecule has 0 saturated carbocycles. The molecule has 0 bridgehead atoms. The van der Waals surface area contributed by atoms with Crippen LogP contribution in [0.4, 0.5) is 14.5 Å². The quantitative estimate of drug-likeness (QED) is 0.499. The minimum atomic E-state index is -0.611. The van der Waals surface area contributed by atoms with Gasteiger partial charge in [0.1, 0.15) is 17.4 Å². The highest BCUT2D eigenvalue weighted by Gasteiger charge is 2.34. The lowest BCUT2D eigenvalue weighted by Gasteiger charge is -2.37. The van der Waals surface area contributed by atoms with Gasteiger partial charge in [-0.3, -0.25) is 0 Å². The van der Waals surface area contributed by atoms with E-state index < -0.39 is 17.7 Å². The van der Waals surface area contributed by atoms with E-state index >= 15 is 0 Å². The maximum absolute atomic E-state index is 14.1. The lowest BCUT2D eigenvalue weighted by Crippen LogP contribution is -2.32. The summed E-state index contributed by atoms with van der Waals surface area (Å²) in [5.74, 6) is -0.513. The van der Waals surface area contributed by atoms with Crippen molar-refractivity contribution in [2.75, 3.05) is 5.32 Å². The van der Waals surface area contributed by atoms with Crippen molar-refractivity contribution in [3.05, 3.63) is 89.0 Å². The summed E-state index contributed by atoms with van der Waals surface area (Å²) in [5.41, 5.74) is 6.37. The van der Waals surface area contributed by atoms with Gasteiger partial charge in [0.05, 0.1) is 5.54 Å². The average Bonchev–Trinajstić information content (AvgIpc) is 2.65. The Balaban J connectivity index is 1.82. The predicted molar refractivity (Wildman–Crippen MR) is 112 cm³/mol. The SMILES string of the molecule is CC1=CC(C)(C)Nc2ccc3c(c21)[C@@H](c1cc(F)cc(F)c1)Oc1ccccc1-3. The van der Waals surface area contributed by atoms with Crippen LogP contribution >= 0.6 is 0 Å². The van der Waals surface area contributed by atoms with Crippen LogP contribution in [0.25, 0.3) is 16.7 Å². The van der Waals surface area contributed by atoms with Gasteiger partial charge in [0.2, 0.25) is 0 Å². The number of hydrogen-bond acceptors (Lipinski definition) is 2. The van der Waals surface area contributed by atoms with E-state index in [9.17, 15) is 8.78 Å². The number of nitrogens with one attached hydrogen (secondary N) is 1. The molecule has 2 nitrogen and oxygen atoms in total. The molecule has 0 unspecified atom stereocenters. The van der Waals surface area contributed by atoms with Gasteiger partial charge in [0.15, 0.2) is 6.10 Å². The van der Waals surface area contributed by atoms with E-state index in [0.717, 1.165) is 39.6 Å². The number of fused-ring (bicyclic) bond motifs is 5. The maximum Gasteiger partial charge on any atom is 0.150 e. The fourth-order valence-electron chi connectivity index (χ4n) is 4.59. The fraction of sp³-hybridized carbons (Fsp3) is 0.200. The lowest BCUT2D eigenvalue weighted by atomic mass is 9.80. The Bertz CT molecular complexity index is 1160. The molecule has 1 N–H and O–H groups in total. The molecule has 0 spiro atoms. The first kappa shape index (κ1) is 17.9. The van der Waals surface area contributed by atoms with Crippen LogP contribution in [0, 0.1) is 11.6 Å². The highest BCUT2D eigenvalue weighted by Crippen LogP contribution is 2.50. The molecule has 2 heterocycles. The summed E-state index contributed by atoms with van der Waals surface area (Å²) in [4.78, 5) is 0. The molecule has 0 radical (unpaired) electrons. The van der Waals surface area contributed by atoms with Crippen LogP contribution in [0.5, 0.6) is 5.75 Å². The Hall–Kier alpha value is -3.14. The molecular weight excluding hydrogens is 368 g/mol. The molecule has 2 aliphatic heterocycles. The van der Waals surface area contributed by atoms with E-state index in [4.69, 9.17) is 4.74 Å². The zero-order chi connectivity index (χ0) is 20.3. The Labute approximate surface area is 168 Å². The summed E-state index contributed by atoms with van der Waals surface area (Å²) >= 11 is 0. The molecular formula is C25H21F2NO. The highest BCUT2D eigenvalue weighted by molar-refractivity contribution is 5.90. The second-order valence-corrected chi connectivity index (χ2v) is 8.32.